The number of anilines is 2. The molecule has 4 rings (SSSR count). The van der Waals surface area contributed by atoms with Crippen LogP contribution in [0.15, 0.2) is 54.0 Å². The number of aromatic nitrogens is 5. The van der Waals surface area contributed by atoms with E-state index in [1.807, 2.05) is 19.1 Å². The number of rotatable bonds is 5. The van der Waals surface area contributed by atoms with Crippen LogP contribution in [0.5, 0.6) is 11.5 Å². The van der Waals surface area contributed by atoms with E-state index in [0.717, 1.165) is 5.56 Å². The van der Waals surface area contributed by atoms with Gasteiger partial charge in [0.1, 0.15) is 6.04 Å². The van der Waals surface area contributed by atoms with Gasteiger partial charge in [0.2, 0.25) is 5.95 Å². The van der Waals surface area contributed by atoms with E-state index >= 15 is 0 Å². The van der Waals surface area contributed by atoms with Gasteiger partial charge >= 0.3 is 0 Å². The number of hydrogen-bond acceptors (Lipinski definition) is 8. The molecule has 10 heteroatoms. The molecule has 0 saturated heterocycles. The second kappa shape index (κ2) is 7.58. The number of allylic oxidation sites excluding steroid dienone is 1. The van der Waals surface area contributed by atoms with Crippen molar-refractivity contribution in [1.29, 1.82) is 0 Å². The summed E-state index contributed by atoms with van der Waals surface area (Å²) in [7, 11) is 3.13. The molecular formula is C19H19N7O3. The molecule has 2 aromatic heterocycles. The third kappa shape index (κ3) is 3.35. The highest BCUT2D eigenvalue weighted by Gasteiger charge is 2.34. The Hall–Kier alpha value is -3.95. The predicted molar refractivity (Wildman–Crippen MR) is 105 cm³/mol. The first kappa shape index (κ1) is 18.4. The first-order chi connectivity index (χ1) is 14.1. The molecule has 0 unspecified atom stereocenters. The van der Waals surface area contributed by atoms with Crippen molar-refractivity contribution in [1.82, 2.24) is 25.2 Å². The van der Waals surface area contributed by atoms with E-state index in [-0.39, 0.29) is 5.91 Å². The summed E-state index contributed by atoms with van der Waals surface area (Å²) in [6, 6.07) is 8.41. The number of pyridine rings is 1. The highest BCUT2D eigenvalue weighted by Crippen LogP contribution is 2.38. The number of tetrazole rings is 1. The van der Waals surface area contributed by atoms with Crippen LogP contribution in [0.1, 0.15) is 18.5 Å². The maximum Gasteiger partial charge on any atom is 0.255 e. The lowest BCUT2D eigenvalue weighted by atomic mass is 9.94. The van der Waals surface area contributed by atoms with Gasteiger partial charge < -0.3 is 20.1 Å². The molecule has 0 aliphatic carbocycles. The lowest BCUT2D eigenvalue weighted by Crippen LogP contribution is -2.31. The van der Waals surface area contributed by atoms with Crippen LogP contribution in [-0.2, 0) is 4.79 Å². The summed E-state index contributed by atoms with van der Waals surface area (Å²) in [6.07, 6.45) is 3.22. The summed E-state index contributed by atoms with van der Waals surface area (Å²) in [5, 5.41) is 17.8. The van der Waals surface area contributed by atoms with Crippen LogP contribution in [0.2, 0.25) is 0 Å². The van der Waals surface area contributed by atoms with E-state index in [4.69, 9.17) is 9.47 Å². The summed E-state index contributed by atoms with van der Waals surface area (Å²) < 4.78 is 12.3. The number of methoxy groups -OCH3 is 2. The smallest absolute Gasteiger partial charge is 0.255 e. The number of hydrogen-bond donors (Lipinski definition) is 2. The van der Waals surface area contributed by atoms with E-state index in [1.165, 1.54) is 0 Å². The van der Waals surface area contributed by atoms with Gasteiger partial charge in [-0.3, -0.25) is 9.78 Å². The first-order valence-corrected chi connectivity index (χ1v) is 8.81. The molecule has 1 aliphatic heterocycles. The van der Waals surface area contributed by atoms with Gasteiger partial charge in [-0.2, -0.15) is 4.68 Å². The molecule has 3 aromatic rings. The third-order valence-corrected chi connectivity index (χ3v) is 4.60. The molecule has 10 nitrogen and oxygen atoms in total. The molecule has 2 N–H and O–H groups in total. The van der Waals surface area contributed by atoms with Crippen molar-refractivity contribution >= 4 is 17.5 Å². The van der Waals surface area contributed by atoms with Gasteiger partial charge in [0.25, 0.3) is 5.91 Å². The number of fused-ring (bicyclic) bond motifs is 1. The second-order valence-corrected chi connectivity index (χ2v) is 6.32. The highest BCUT2D eigenvalue weighted by molar-refractivity contribution is 6.05. The van der Waals surface area contributed by atoms with E-state index < -0.39 is 6.04 Å². The maximum absolute atomic E-state index is 13.2. The van der Waals surface area contributed by atoms with Crippen LogP contribution in [-0.4, -0.2) is 45.3 Å². The standard InChI is InChI=1S/C19H19N7O3/c1-11-16(18(27)22-13-5-4-8-20-10-13)17(26-19(21-11)23-24-25-26)12-6-7-14(28-2)15(9-12)29-3/h4-10,17H,1-3H3,(H,22,27)(H,21,23,25)/t17-/m1/s1. The zero-order valence-corrected chi connectivity index (χ0v) is 16.1. The Morgan fingerprint density at radius 2 is 2.03 bits per heavy atom. The molecular weight excluding hydrogens is 374 g/mol. The minimum atomic E-state index is -0.558. The van der Waals surface area contributed by atoms with Gasteiger partial charge in [-0.25, -0.2) is 0 Å². The van der Waals surface area contributed by atoms with Gasteiger partial charge in [-0.1, -0.05) is 11.2 Å². The normalized spacial score (nSPS) is 15.3. The van der Waals surface area contributed by atoms with Crippen LogP contribution in [0.25, 0.3) is 0 Å². The zero-order valence-electron chi connectivity index (χ0n) is 16.1. The molecule has 1 aromatic carbocycles. The third-order valence-electron chi connectivity index (χ3n) is 4.60. The first-order valence-electron chi connectivity index (χ1n) is 8.81. The van der Waals surface area contributed by atoms with Crippen LogP contribution < -0.4 is 20.1 Å². The minimum absolute atomic E-state index is 0.288. The lowest BCUT2D eigenvalue weighted by molar-refractivity contribution is -0.113. The summed E-state index contributed by atoms with van der Waals surface area (Å²) in [5.41, 5.74) is 2.48. The molecule has 0 spiro atoms. The Labute approximate surface area is 166 Å². The summed E-state index contributed by atoms with van der Waals surface area (Å²) in [5.74, 6) is 1.29. The fourth-order valence-corrected chi connectivity index (χ4v) is 3.27. The molecule has 1 atom stereocenters. The van der Waals surface area contributed by atoms with E-state index in [9.17, 15) is 4.79 Å². The van der Waals surface area contributed by atoms with Gasteiger partial charge in [0.15, 0.2) is 11.5 Å². The molecule has 3 heterocycles. The Kier molecular flexibility index (Phi) is 4.82. The van der Waals surface area contributed by atoms with Crippen LogP contribution in [0.4, 0.5) is 11.6 Å². The number of ether oxygens (including phenoxy) is 2. The Morgan fingerprint density at radius 3 is 2.76 bits per heavy atom. The molecule has 29 heavy (non-hydrogen) atoms. The average Bonchev–Trinajstić information content (AvgIpc) is 3.20. The Bertz CT molecular complexity index is 1080. The quantitative estimate of drug-likeness (QED) is 0.676. The zero-order chi connectivity index (χ0) is 20.4. The number of carbonyl (C=O) groups excluding carboxylic acids is 1. The Balaban J connectivity index is 1.79. The molecule has 0 saturated carbocycles. The van der Waals surface area contributed by atoms with Crippen molar-refractivity contribution in [3.8, 4) is 11.5 Å². The summed E-state index contributed by atoms with van der Waals surface area (Å²) in [6.45, 7) is 1.81. The maximum atomic E-state index is 13.2. The number of benzene rings is 1. The van der Waals surface area contributed by atoms with E-state index in [0.29, 0.717) is 34.4 Å². The average molecular weight is 393 g/mol. The van der Waals surface area contributed by atoms with Gasteiger partial charge in [-0.05, 0) is 47.2 Å². The van der Waals surface area contributed by atoms with Gasteiger partial charge in [0.05, 0.1) is 31.7 Å². The molecule has 1 amide bonds. The largest absolute Gasteiger partial charge is 0.493 e. The van der Waals surface area contributed by atoms with Crippen LogP contribution >= 0.6 is 0 Å². The fourth-order valence-electron chi connectivity index (χ4n) is 3.27. The second-order valence-electron chi connectivity index (χ2n) is 6.32. The summed E-state index contributed by atoms with van der Waals surface area (Å²) in [4.78, 5) is 17.2. The summed E-state index contributed by atoms with van der Waals surface area (Å²) >= 11 is 0. The Morgan fingerprint density at radius 1 is 1.21 bits per heavy atom. The number of carbonyl (C=O) groups is 1. The van der Waals surface area contributed by atoms with Crippen LogP contribution in [0.3, 0.4) is 0 Å². The predicted octanol–water partition coefficient (Wildman–Crippen LogP) is 2.01. The molecule has 0 radical (unpaired) electrons. The molecule has 148 valence electrons. The van der Waals surface area contributed by atoms with Crippen molar-refractivity contribution < 1.29 is 14.3 Å². The lowest BCUT2D eigenvalue weighted by Gasteiger charge is -2.28. The van der Waals surface area contributed by atoms with Gasteiger partial charge in [0, 0.05) is 11.9 Å². The van der Waals surface area contributed by atoms with Crippen molar-refractivity contribution in [3.05, 3.63) is 59.6 Å². The molecule has 0 bridgehead atoms. The number of nitrogens with one attached hydrogen (secondary N) is 2. The van der Waals surface area contributed by atoms with E-state index in [1.54, 1.807) is 49.5 Å². The van der Waals surface area contributed by atoms with Crippen molar-refractivity contribution in [2.75, 3.05) is 24.9 Å². The van der Waals surface area contributed by atoms with Crippen molar-refractivity contribution in [2.24, 2.45) is 0 Å². The minimum Gasteiger partial charge on any atom is -0.493 e. The monoisotopic (exact) mass is 393 g/mol. The number of nitrogens with zero attached hydrogens (tertiary/aromatic N) is 5. The highest BCUT2D eigenvalue weighted by atomic mass is 16.5. The van der Waals surface area contributed by atoms with E-state index in [2.05, 4.69) is 31.1 Å². The molecule has 0 fully saturated rings. The molecule has 1 aliphatic rings. The van der Waals surface area contributed by atoms with Crippen molar-refractivity contribution in [2.45, 2.75) is 13.0 Å². The van der Waals surface area contributed by atoms with Crippen LogP contribution in [0, 0.1) is 0 Å². The fraction of sp³-hybridized carbons (Fsp3) is 0.211. The topological polar surface area (TPSA) is 116 Å². The number of amides is 1. The van der Waals surface area contributed by atoms with Gasteiger partial charge in [-0.15, -0.1) is 0 Å². The van der Waals surface area contributed by atoms with Crippen molar-refractivity contribution in [3.63, 3.8) is 0 Å². The SMILES string of the molecule is COc1ccc([C@@H]2C(C(=O)Nc3cccnc3)=C(C)Nc3nnnn32)cc1OC.